The highest BCUT2D eigenvalue weighted by atomic mass is 127. The molecule has 0 aromatic heterocycles. The lowest BCUT2D eigenvalue weighted by atomic mass is 10.1. The molecular formula is C23H32IN5O2. The number of aliphatic imine (C=N–C) groups is 1. The van der Waals surface area contributed by atoms with Crippen LogP contribution in [0.3, 0.4) is 0 Å². The van der Waals surface area contributed by atoms with Crippen molar-refractivity contribution in [3.63, 3.8) is 0 Å². The van der Waals surface area contributed by atoms with Gasteiger partial charge in [0.15, 0.2) is 5.96 Å². The van der Waals surface area contributed by atoms with Gasteiger partial charge in [-0.1, -0.05) is 24.3 Å². The Bertz CT molecular complexity index is 886. The quantitative estimate of drug-likeness (QED) is 0.225. The van der Waals surface area contributed by atoms with Crippen molar-refractivity contribution in [1.82, 2.24) is 21.3 Å². The summed E-state index contributed by atoms with van der Waals surface area (Å²) >= 11 is 0. The summed E-state index contributed by atoms with van der Waals surface area (Å²) in [6.45, 7) is 4.11. The molecule has 0 bridgehead atoms. The van der Waals surface area contributed by atoms with Crippen molar-refractivity contribution < 1.29 is 9.59 Å². The summed E-state index contributed by atoms with van der Waals surface area (Å²) in [5.41, 5.74) is 3.48. The Labute approximate surface area is 201 Å². The lowest BCUT2D eigenvalue weighted by Gasteiger charge is -2.12. The average molecular weight is 537 g/mol. The maximum Gasteiger partial charge on any atom is 0.251 e. The molecule has 0 fully saturated rings. The molecule has 8 heteroatoms. The van der Waals surface area contributed by atoms with Crippen LogP contribution in [0.1, 0.15) is 38.8 Å². The fraction of sp³-hybridized carbons (Fsp3) is 0.348. The van der Waals surface area contributed by atoms with E-state index in [4.69, 9.17) is 0 Å². The molecule has 0 saturated heterocycles. The van der Waals surface area contributed by atoms with Gasteiger partial charge in [-0.25, -0.2) is 0 Å². The number of guanidine groups is 1. The molecule has 0 radical (unpaired) electrons. The maximum absolute atomic E-state index is 11.8. The van der Waals surface area contributed by atoms with Gasteiger partial charge >= 0.3 is 0 Å². The third kappa shape index (κ3) is 8.95. The third-order valence-corrected chi connectivity index (χ3v) is 4.55. The first-order valence-corrected chi connectivity index (χ1v) is 10.2. The van der Waals surface area contributed by atoms with Crippen LogP contribution in [0.4, 0.5) is 0 Å². The van der Waals surface area contributed by atoms with Crippen LogP contribution in [-0.4, -0.2) is 51.5 Å². The predicted octanol–water partition coefficient (Wildman–Crippen LogP) is 2.36. The van der Waals surface area contributed by atoms with Gasteiger partial charge in [0.2, 0.25) is 0 Å². The average Bonchev–Trinajstić information content (AvgIpc) is 2.78. The summed E-state index contributed by atoms with van der Waals surface area (Å²) in [5, 5.41) is 11.9. The first-order valence-electron chi connectivity index (χ1n) is 10.2. The van der Waals surface area contributed by atoms with E-state index < -0.39 is 0 Å². The number of rotatable bonds is 9. The highest BCUT2D eigenvalue weighted by Gasteiger charge is 2.05. The summed E-state index contributed by atoms with van der Waals surface area (Å²) < 4.78 is 0. The molecule has 0 spiro atoms. The van der Waals surface area contributed by atoms with Crippen molar-refractivity contribution >= 4 is 41.8 Å². The van der Waals surface area contributed by atoms with Crippen LogP contribution in [0.25, 0.3) is 0 Å². The van der Waals surface area contributed by atoms with Crippen LogP contribution in [0, 0.1) is 0 Å². The van der Waals surface area contributed by atoms with E-state index in [9.17, 15) is 9.59 Å². The zero-order valence-corrected chi connectivity index (χ0v) is 20.7. The van der Waals surface area contributed by atoms with E-state index in [-0.39, 0.29) is 35.8 Å². The summed E-state index contributed by atoms with van der Waals surface area (Å²) in [7, 11) is 3.26. The van der Waals surface area contributed by atoms with Gasteiger partial charge in [0.25, 0.3) is 11.8 Å². The van der Waals surface area contributed by atoms with Crippen molar-refractivity contribution in [3.8, 4) is 0 Å². The van der Waals surface area contributed by atoms with Crippen LogP contribution in [0.15, 0.2) is 53.5 Å². The highest BCUT2D eigenvalue weighted by Crippen LogP contribution is 2.07. The number of hydrogen-bond acceptors (Lipinski definition) is 3. The smallest absolute Gasteiger partial charge is 0.251 e. The van der Waals surface area contributed by atoms with Crippen molar-refractivity contribution in [2.45, 2.75) is 19.8 Å². The molecule has 2 rings (SSSR count). The van der Waals surface area contributed by atoms with Crippen molar-refractivity contribution in [3.05, 3.63) is 70.8 Å². The van der Waals surface area contributed by atoms with Gasteiger partial charge in [-0.05, 0) is 55.2 Å². The summed E-state index contributed by atoms with van der Waals surface area (Å²) in [6.07, 6.45) is 1.53. The van der Waals surface area contributed by atoms with Gasteiger partial charge in [-0.3, -0.25) is 14.6 Å². The van der Waals surface area contributed by atoms with E-state index in [0.29, 0.717) is 24.2 Å². The first-order chi connectivity index (χ1) is 14.6. The van der Waals surface area contributed by atoms with Gasteiger partial charge in [0.05, 0.1) is 0 Å². The molecule has 2 amide bonds. The number of amides is 2. The lowest BCUT2D eigenvalue weighted by Crippen LogP contribution is -2.38. The number of nitrogens with zero attached hydrogens (tertiary/aromatic N) is 1. The summed E-state index contributed by atoms with van der Waals surface area (Å²) in [6, 6.07) is 15.2. The van der Waals surface area contributed by atoms with E-state index in [1.54, 1.807) is 26.2 Å². The van der Waals surface area contributed by atoms with Crippen LogP contribution in [0.5, 0.6) is 0 Å². The first kappa shape index (κ1) is 26.4. The molecule has 2 aromatic carbocycles. The third-order valence-electron chi connectivity index (χ3n) is 4.55. The Morgan fingerprint density at radius 3 is 1.90 bits per heavy atom. The fourth-order valence-corrected chi connectivity index (χ4v) is 2.99. The molecule has 2 aromatic rings. The Morgan fingerprint density at radius 1 is 0.839 bits per heavy atom. The largest absolute Gasteiger partial charge is 0.357 e. The predicted molar refractivity (Wildman–Crippen MR) is 136 cm³/mol. The maximum atomic E-state index is 11.8. The fourth-order valence-electron chi connectivity index (χ4n) is 2.99. The van der Waals surface area contributed by atoms with Crippen molar-refractivity contribution in [1.29, 1.82) is 0 Å². The zero-order valence-electron chi connectivity index (χ0n) is 18.3. The Kier molecular flexibility index (Phi) is 12.3. The van der Waals surface area contributed by atoms with Gasteiger partial charge in [-0.2, -0.15) is 0 Å². The van der Waals surface area contributed by atoms with E-state index in [1.165, 1.54) is 0 Å². The van der Waals surface area contributed by atoms with E-state index in [2.05, 4.69) is 26.3 Å². The lowest BCUT2D eigenvalue weighted by molar-refractivity contribution is 0.0955. The molecule has 31 heavy (non-hydrogen) atoms. The number of carbonyl (C=O) groups excluding carboxylic acids is 2. The van der Waals surface area contributed by atoms with Gasteiger partial charge in [0, 0.05) is 44.9 Å². The minimum absolute atomic E-state index is 0. The molecule has 0 heterocycles. The SMILES string of the molecule is CCNC(=NCCc1cccc(C(=O)NC)c1)NCCc1cccc(C(=O)NC)c1.I. The molecule has 168 valence electrons. The van der Waals surface area contributed by atoms with E-state index in [1.807, 2.05) is 43.3 Å². The van der Waals surface area contributed by atoms with Crippen molar-refractivity contribution in [2.24, 2.45) is 4.99 Å². The van der Waals surface area contributed by atoms with Crippen LogP contribution >= 0.6 is 24.0 Å². The Hall–Kier alpha value is -2.62. The molecule has 0 aliphatic rings. The standard InChI is InChI=1S/C23H31N5O2.HI/c1-4-26-23(27-13-11-17-7-5-9-19(15-17)21(29)24-2)28-14-12-18-8-6-10-20(16-18)22(30)25-3;/h5-10,15-16H,4,11-14H2,1-3H3,(H,24,29)(H,25,30)(H2,26,27,28);1H. The van der Waals surface area contributed by atoms with Crippen LogP contribution in [0.2, 0.25) is 0 Å². The van der Waals surface area contributed by atoms with Crippen LogP contribution in [-0.2, 0) is 12.8 Å². The molecule has 0 atom stereocenters. The van der Waals surface area contributed by atoms with Crippen molar-refractivity contribution in [2.75, 3.05) is 33.7 Å². The van der Waals surface area contributed by atoms with Gasteiger partial charge < -0.3 is 21.3 Å². The second-order valence-corrected chi connectivity index (χ2v) is 6.75. The monoisotopic (exact) mass is 537 g/mol. The molecule has 0 unspecified atom stereocenters. The topological polar surface area (TPSA) is 94.6 Å². The Balaban J connectivity index is 0.00000480. The minimum atomic E-state index is -0.0872. The minimum Gasteiger partial charge on any atom is -0.357 e. The molecule has 0 aliphatic heterocycles. The van der Waals surface area contributed by atoms with Gasteiger partial charge in [-0.15, -0.1) is 24.0 Å². The molecule has 0 aliphatic carbocycles. The number of halogens is 1. The second kappa shape index (κ2) is 14.4. The summed E-state index contributed by atoms with van der Waals surface area (Å²) in [4.78, 5) is 28.2. The van der Waals surface area contributed by atoms with E-state index in [0.717, 1.165) is 36.5 Å². The van der Waals surface area contributed by atoms with E-state index >= 15 is 0 Å². The number of nitrogens with one attached hydrogen (secondary N) is 4. The molecule has 7 nitrogen and oxygen atoms in total. The van der Waals surface area contributed by atoms with Crippen LogP contribution < -0.4 is 21.3 Å². The normalized spacial score (nSPS) is 10.6. The summed E-state index contributed by atoms with van der Waals surface area (Å²) in [5.74, 6) is 0.582. The number of hydrogen-bond donors (Lipinski definition) is 4. The molecule has 4 N–H and O–H groups in total. The highest BCUT2D eigenvalue weighted by molar-refractivity contribution is 14.0. The second-order valence-electron chi connectivity index (χ2n) is 6.75. The molecule has 0 saturated carbocycles. The number of benzene rings is 2. The van der Waals surface area contributed by atoms with Gasteiger partial charge in [0.1, 0.15) is 0 Å². The zero-order chi connectivity index (χ0) is 21.8. The Morgan fingerprint density at radius 2 is 1.39 bits per heavy atom. The molecular weight excluding hydrogens is 505 g/mol. The number of carbonyl (C=O) groups is 2.